The van der Waals surface area contributed by atoms with Crippen molar-refractivity contribution in [2.75, 3.05) is 5.73 Å². The van der Waals surface area contributed by atoms with Gasteiger partial charge in [0.05, 0.1) is 16.6 Å². The Morgan fingerprint density at radius 1 is 1.38 bits per heavy atom. The fourth-order valence-corrected chi connectivity index (χ4v) is 2.56. The summed E-state index contributed by atoms with van der Waals surface area (Å²) in [6, 6.07) is 5.77. The van der Waals surface area contributed by atoms with E-state index in [1.807, 2.05) is 18.2 Å². The quantitative estimate of drug-likeness (QED) is 0.586. The molecule has 4 heteroatoms. The van der Waals surface area contributed by atoms with Crippen molar-refractivity contribution in [2.45, 2.75) is 5.88 Å². The maximum atomic E-state index is 5.89. The summed E-state index contributed by atoms with van der Waals surface area (Å²) in [4.78, 5) is 1.12. The van der Waals surface area contributed by atoms with Crippen LogP contribution in [0.3, 0.4) is 0 Å². The number of thiophene rings is 1. The van der Waals surface area contributed by atoms with Crippen molar-refractivity contribution in [1.29, 1.82) is 0 Å². The first-order valence-corrected chi connectivity index (χ1v) is 5.47. The van der Waals surface area contributed by atoms with Gasteiger partial charge in [0.25, 0.3) is 0 Å². The molecule has 0 aliphatic carbocycles. The number of rotatable bonds is 1. The van der Waals surface area contributed by atoms with Crippen molar-refractivity contribution in [1.82, 2.24) is 0 Å². The molecule has 0 atom stereocenters. The molecule has 2 N–H and O–H groups in total. The molecule has 0 spiro atoms. The Kier molecular flexibility index (Phi) is 2.37. The Morgan fingerprint density at radius 2 is 2.15 bits per heavy atom. The fraction of sp³-hybridized carbons (Fsp3) is 0.111. The lowest BCUT2D eigenvalue weighted by atomic mass is 10.2. The molecule has 1 aromatic heterocycles. The predicted octanol–water partition coefficient (Wildman–Crippen LogP) is 3.88. The van der Waals surface area contributed by atoms with E-state index in [4.69, 9.17) is 28.9 Å². The topological polar surface area (TPSA) is 26.0 Å². The van der Waals surface area contributed by atoms with Gasteiger partial charge in [-0.1, -0.05) is 11.6 Å². The van der Waals surface area contributed by atoms with Crippen LogP contribution in [0, 0.1) is 0 Å². The van der Waals surface area contributed by atoms with Gasteiger partial charge in [0.15, 0.2) is 0 Å². The Balaban J connectivity index is 2.76. The zero-order valence-electron chi connectivity index (χ0n) is 6.68. The van der Waals surface area contributed by atoms with Crippen molar-refractivity contribution < 1.29 is 0 Å². The Labute approximate surface area is 90.1 Å². The van der Waals surface area contributed by atoms with Crippen LogP contribution in [-0.4, -0.2) is 0 Å². The molecule has 13 heavy (non-hydrogen) atoms. The van der Waals surface area contributed by atoms with Gasteiger partial charge in [0.2, 0.25) is 0 Å². The number of nitrogen functional groups attached to an aromatic ring is 1. The predicted molar refractivity (Wildman–Crippen MR) is 60.8 cm³/mol. The van der Waals surface area contributed by atoms with E-state index in [1.165, 1.54) is 0 Å². The van der Waals surface area contributed by atoms with Gasteiger partial charge in [-0.25, -0.2) is 0 Å². The van der Waals surface area contributed by atoms with E-state index in [1.54, 1.807) is 11.3 Å². The largest absolute Gasteiger partial charge is 0.397 e. The van der Waals surface area contributed by atoms with Crippen molar-refractivity contribution >= 4 is 50.3 Å². The first-order valence-electron chi connectivity index (χ1n) is 3.74. The lowest BCUT2D eigenvalue weighted by Crippen LogP contribution is -1.85. The van der Waals surface area contributed by atoms with E-state index in [2.05, 4.69) is 0 Å². The number of nitrogens with two attached hydrogens (primary N) is 1. The first kappa shape index (κ1) is 9.13. The van der Waals surface area contributed by atoms with Gasteiger partial charge in [-0.2, -0.15) is 0 Å². The molecule has 0 bridgehead atoms. The van der Waals surface area contributed by atoms with E-state index in [0.717, 1.165) is 15.0 Å². The third-order valence-corrected chi connectivity index (χ3v) is 3.75. The molecule has 0 aliphatic heterocycles. The zero-order valence-corrected chi connectivity index (χ0v) is 9.01. The van der Waals surface area contributed by atoms with Crippen molar-refractivity contribution in [3.63, 3.8) is 0 Å². The van der Waals surface area contributed by atoms with Crippen LogP contribution in [-0.2, 0) is 5.88 Å². The SMILES string of the molecule is Nc1c(Cl)ccc2sc(CCl)cc12. The van der Waals surface area contributed by atoms with Gasteiger partial charge >= 0.3 is 0 Å². The molecule has 1 heterocycles. The number of hydrogen-bond donors (Lipinski definition) is 1. The summed E-state index contributed by atoms with van der Waals surface area (Å²) in [5.74, 6) is 0.524. The monoisotopic (exact) mass is 231 g/mol. The first-order chi connectivity index (χ1) is 6.22. The Morgan fingerprint density at radius 3 is 2.85 bits per heavy atom. The molecule has 0 saturated heterocycles. The summed E-state index contributed by atoms with van der Waals surface area (Å²) in [6.45, 7) is 0. The number of fused-ring (bicyclic) bond motifs is 1. The summed E-state index contributed by atoms with van der Waals surface area (Å²) in [5, 5.41) is 1.61. The zero-order chi connectivity index (χ0) is 9.42. The van der Waals surface area contributed by atoms with E-state index in [0.29, 0.717) is 16.6 Å². The van der Waals surface area contributed by atoms with Crippen LogP contribution in [0.25, 0.3) is 10.1 Å². The average Bonchev–Trinajstić information content (AvgIpc) is 2.55. The minimum atomic E-state index is 0.524. The van der Waals surface area contributed by atoms with Gasteiger partial charge < -0.3 is 5.73 Å². The Hall–Kier alpha value is -0.440. The standard InChI is InChI=1S/C9H7Cl2NS/c10-4-5-3-6-8(13-5)2-1-7(11)9(6)12/h1-3H,4,12H2. The molecule has 68 valence electrons. The number of alkyl halides is 1. The molecule has 0 unspecified atom stereocenters. The molecule has 1 nitrogen and oxygen atoms in total. The van der Waals surface area contributed by atoms with E-state index < -0.39 is 0 Å². The highest BCUT2D eigenvalue weighted by atomic mass is 35.5. The number of halogens is 2. The van der Waals surface area contributed by atoms with E-state index >= 15 is 0 Å². The number of anilines is 1. The normalized spacial score (nSPS) is 10.9. The summed E-state index contributed by atoms with van der Waals surface area (Å²) < 4.78 is 1.14. The maximum absolute atomic E-state index is 5.89. The van der Waals surface area contributed by atoms with Crippen molar-refractivity contribution in [3.8, 4) is 0 Å². The van der Waals surface area contributed by atoms with Gasteiger partial charge in [-0.3, -0.25) is 0 Å². The molecule has 0 amide bonds. The highest BCUT2D eigenvalue weighted by Crippen LogP contribution is 2.34. The minimum Gasteiger partial charge on any atom is -0.397 e. The van der Waals surface area contributed by atoms with Crippen LogP contribution in [0.4, 0.5) is 5.69 Å². The minimum absolute atomic E-state index is 0.524. The number of benzene rings is 1. The second kappa shape index (κ2) is 3.37. The summed E-state index contributed by atoms with van der Waals surface area (Å²) in [6.07, 6.45) is 0. The Bertz CT molecular complexity index is 450. The molecule has 0 radical (unpaired) electrons. The van der Waals surface area contributed by atoms with Crippen LogP contribution in [0.2, 0.25) is 5.02 Å². The molecule has 2 aromatic rings. The van der Waals surface area contributed by atoms with Crippen LogP contribution >= 0.6 is 34.5 Å². The summed E-state index contributed by atoms with van der Waals surface area (Å²) >= 11 is 13.3. The van der Waals surface area contributed by atoms with E-state index in [-0.39, 0.29) is 0 Å². The highest BCUT2D eigenvalue weighted by Gasteiger charge is 2.06. The average molecular weight is 232 g/mol. The van der Waals surface area contributed by atoms with Crippen LogP contribution < -0.4 is 5.73 Å². The second-order valence-corrected chi connectivity index (χ2v) is 4.56. The van der Waals surface area contributed by atoms with Gasteiger partial charge in [0, 0.05) is 15.0 Å². The van der Waals surface area contributed by atoms with Crippen LogP contribution in [0.15, 0.2) is 18.2 Å². The molecule has 0 saturated carbocycles. The molecular weight excluding hydrogens is 225 g/mol. The molecular formula is C9H7Cl2NS. The molecule has 0 aliphatic rings. The number of hydrogen-bond acceptors (Lipinski definition) is 2. The van der Waals surface area contributed by atoms with Crippen LogP contribution in [0.1, 0.15) is 4.88 Å². The molecule has 2 rings (SSSR count). The smallest absolute Gasteiger partial charge is 0.0642 e. The van der Waals surface area contributed by atoms with Gasteiger partial charge in [-0.15, -0.1) is 22.9 Å². The van der Waals surface area contributed by atoms with Crippen LogP contribution in [0.5, 0.6) is 0 Å². The second-order valence-electron chi connectivity index (χ2n) is 2.72. The third kappa shape index (κ3) is 1.50. The van der Waals surface area contributed by atoms with Crippen molar-refractivity contribution in [2.24, 2.45) is 0 Å². The lowest BCUT2D eigenvalue weighted by molar-refractivity contribution is 1.54. The van der Waals surface area contributed by atoms with Gasteiger partial charge in [-0.05, 0) is 18.2 Å². The van der Waals surface area contributed by atoms with Gasteiger partial charge in [0.1, 0.15) is 0 Å². The highest BCUT2D eigenvalue weighted by molar-refractivity contribution is 7.19. The third-order valence-electron chi connectivity index (χ3n) is 1.87. The van der Waals surface area contributed by atoms with Crippen molar-refractivity contribution in [3.05, 3.63) is 28.1 Å². The fourth-order valence-electron chi connectivity index (χ4n) is 1.23. The molecule has 0 fully saturated rings. The molecule has 1 aromatic carbocycles. The lowest BCUT2D eigenvalue weighted by Gasteiger charge is -1.97. The maximum Gasteiger partial charge on any atom is 0.0642 e. The summed E-state index contributed by atoms with van der Waals surface area (Å²) in [7, 11) is 0. The summed E-state index contributed by atoms with van der Waals surface area (Å²) in [5.41, 5.74) is 6.46. The van der Waals surface area contributed by atoms with E-state index in [9.17, 15) is 0 Å².